The molecule has 0 aliphatic carbocycles. The molecule has 6 nitrogen and oxygen atoms in total. The van der Waals surface area contributed by atoms with Crippen LogP contribution in [0.2, 0.25) is 0 Å². The van der Waals surface area contributed by atoms with Crippen molar-refractivity contribution < 1.29 is 9.53 Å². The van der Waals surface area contributed by atoms with Crippen LogP contribution in [0.3, 0.4) is 0 Å². The molecule has 2 aromatic heterocycles. The number of hydrogen-bond donors (Lipinski definition) is 0. The molecule has 0 saturated carbocycles. The summed E-state index contributed by atoms with van der Waals surface area (Å²) in [6, 6.07) is 12.7. The van der Waals surface area contributed by atoms with E-state index in [2.05, 4.69) is 4.98 Å². The van der Waals surface area contributed by atoms with E-state index in [0.717, 1.165) is 17.3 Å². The van der Waals surface area contributed by atoms with E-state index < -0.39 is 0 Å². The van der Waals surface area contributed by atoms with Gasteiger partial charge in [-0.2, -0.15) is 4.98 Å². The first-order chi connectivity index (χ1) is 13.4. The molecule has 28 heavy (non-hydrogen) atoms. The van der Waals surface area contributed by atoms with Gasteiger partial charge < -0.3 is 4.74 Å². The Bertz CT molecular complexity index is 1200. The quantitative estimate of drug-likeness (QED) is 0.486. The smallest absolute Gasteiger partial charge is 0.269 e. The molecule has 140 valence electrons. The summed E-state index contributed by atoms with van der Waals surface area (Å²) >= 11 is 6.31. The van der Waals surface area contributed by atoms with E-state index in [-0.39, 0.29) is 22.9 Å². The number of amides is 1. The second-order valence-corrected chi connectivity index (χ2v) is 7.90. The number of hydrogen-bond acceptors (Lipinski definition) is 6. The van der Waals surface area contributed by atoms with Crippen molar-refractivity contribution in [2.24, 2.45) is 0 Å². The van der Waals surface area contributed by atoms with E-state index in [4.69, 9.17) is 17.0 Å². The Morgan fingerprint density at radius 2 is 1.89 bits per heavy atom. The Labute approximate surface area is 170 Å². The predicted octanol–water partition coefficient (Wildman–Crippen LogP) is 3.63. The van der Waals surface area contributed by atoms with Crippen LogP contribution in [0, 0.1) is 6.92 Å². The van der Waals surface area contributed by atoms with Gasteiger partial charge in [-0.3, -0.25) is 18.9 Å². The Morgan fingerprint density at radius 3 is 2.57 bits per heavy atom. The molecule has 1 aliphatic heterocycles. The lowest BCUT2D eigenvalue weighted by Crippen LogP contribution is -2.22. The van der Waals surface area contributed by atoms with E-state index >= 15 is 0 Å². The van der Waals surface area contributed by atoms with Gasteiger partial charge in [0, 0.05) is 13.2 Å². The van der Waals surface area contributed by atoms with Gasteiger partial charge in [0.15, 0.2) is 0 Å². The molecule has 0 bridgehead atoms. The fourth-order valence-electron chi connectivity index (χ4n) is 2.68. The lowest BCUT2D eigenvalue weighted by molar-refractivity contribution is -0.121. The van der Waals surface area contributed by atoms with Gasteiger partial charge in [0.2, 0.25) is 5.88 Å². The number of thioether (sulfide) groups is 1. The zero-order chi connectivity index (χ0) is 19.8. The minimum absolute atomic E-state index is 0.140. The fourth-order valence-corrected chi connectivity index (χ4v) is 3.84. The van der Waals surface area contributed by atoms with Gasteiger partial charge in [0.05, 0.1) is 4.91 Å². The SMILES string of the molecule is Cc1ccc(Oc2nc3ccccn3c(=O)c2/C=C2\SC(=S)N(C)C2=O)cc1. The Balaban J connectivity index is 1.89. The van der Waals surface area contributed by atoms with Gasteiger partial charge in [-0.25, -0.2) is 0 Å². The maximum absolute atomic E-state index is 13.1. The molecule has 0 atom stereocenters. The summed E-state index contributed by atoms with van der Waals surface area (Å²) in [5, 5.41) is 0. The maximum Gasteiger partial charge on any atom is 0.269 e. The first kappa shape index (κ1) is 18.4. The fraction of sp³-hybridized carbons (Fsp3) is 0.100. The van der Waals surface area contributed by atoms with E-state index in [9.17, 15) is 9.59 Å². The van der Waals surface area contributed by atoms with Crippen LogP contribution in [0.5, 0.6) is 11.6 Å². The van der Waals surface area contributed by atoms with Crippen LogP contribution in [0.15, 0.2) is 58.4 Å². The highest BCUT2D eigenvalue weighted by Crippen LogP contribution is 2.33. The summed E-state index contributed by atoms with van der Waals surface area (Å²) in [4.78, 5) is 31.7. The molecule has 1 aromatic carbocycles. The van der Waals surface area contributed by atoms with Crippen molar-refractivity contribution in [2.45, 2.75) is 6.92 Å². The van der Waals surface area contributed by atoms with Crippen LogP contribution in [-0.4, -0.2) is 31.6 Å². The van der Waals surface area contributed by atoms with Crippen molar-refractivity contribution >= 4 is 45.9 Å². The largest absolute Gasteiger partial charge is 0.438 e. The summed E-state index contributed by atoms with van der Waals surface area (Å²) in [5.41, 5.74) is 1.41. The summed E-state index contributed by atoms with van der Waals surface area (Å²) < 4.78 is 7.77. The molecule has 0 unspecified atom stereocenters. The van der Waals surface area contributed by atoms with Crippen LogP contribution in [-0.2, 0) is 4.79 Å². The first-order valence-electron chi connectivity index (χ1n) is 8.41. The minimum atomic E-state index is -0.325. The third kappa shape index (κ3) is 3.32. The average molecular weight is 409 g/mol. The lowest BCUT2D eigenvalue weighted by atomic mass is 10.2. The zero-order valence-corrected chi connectivity index (χ0v) is 16.7. The van der Waals surface area contributed by atoms with Crippen molar-refractivity contribution in [1.29, 1.82) is 0 Å². The van der Waals surface area contributed by atoms with Gasteiger partial charge in [-0.15, -0.1) is 0 Å². The van der Waals surface area contributed by atoms with Crippen molar-refractivity contribution in [2.75, 3.05) is 7.05 Å². The number of carbonyl (C=O) groups is 1. The molecule has 0 radical (unpaired) electrons. The predicted molar refractivity (Wildman–Crippen MR) is 114 cm³/mol. The van der Waals surface area contributed by atoms with Crippen LogP contribution >= 0.6 is 24.0 Å². The van der Waals surface area contributed by atoms with Crippen LogP contribution < -0.4 is 10.3 Å². The molecule has 4 rings (SSSR count). The number of fused-ring (bicyclic) bond motifs is 1. The molecule has 1 aliphatic rings. The molecule has 1 fully saturated rings. The van der Waals surface area contributed by atoms with Gasteiger partial charge >= 0.3 is 0 Å². The van der Waals surface area contributed by atoms with Gasteiger partial charge in [-0.05, 0) is 37.3 Å². The topological polar surface area (TPSA) is 63.9 Å². The standard InChI is InChI=1S/C20H15N3O3S2/c1-12-6-8-13(9-7-12)26-17-14(11-15-19(25)22(2)20(27)28-15)18(24)23-10-4-3-5-16(23)21-17/h3-11H,1-2H3/b15-11-. The second kappa shape index (κ2) is 7.21. The summed E-state index contributed by atoms with van der Waals surface area (Å²) in [6.07, 6.45) is 3.13. The zero-order valence-electron chi connectivity index (χ0n) is 15.1. The minimum Gasteiger partial charge on any atom is -0.438 e. The van der Waals surface area contributed by atoms with E-state index in [1.807, 2.05) is 19.1 Å². The van der Waals surface area contributed by atoms with Gasteiger partial charge in [-0.1, -0.05) is 47.7 Å². The third-order valence-corrected chi connectivity index (χ3v) is 5.72. The molecule has 8 heteroatoms. The number of pyridine rings is 1. The van der Waals surface area contributed by atoms with Crippen LogP contribution in [0.4, 0.5) is 0 Å². The lowest BCUT2D eigenvalue weighted by Gasteiger charge is -2.10. The number of ether oxygens (including phenoxy) is 1. The molecule has 3 aromatic rings. The summed E-state index contributed by atoms with van der Waals surface area (Å²) in [5.74, 6) is 0.436. The number of thiocarbonyl (C=S) groups is 1. The summed E-state index contributed by atoms with van der Waals surface area (Å²) in [6.45, 7) is 1.97. The molecular weight excluding hydrogens is 394 g/mol. The molecule has 0 spiro atoms. The van der Waals surface area contributed by atoms with Crippen molar-refractivity contribution in [3.05, 3.63) is 75.0 Å². The third-order valence-electron chi connectivity index (χ3n) is 4.23. The van der Waals surface area contributed by atoms with E-state index in [0.29, 0.717) is 20.6 Å². The molecule has 1 saturated heterocycles. The highest BCUT2D eigenvalue weighted by Gasteiger charge is 2.29. The number of nitrogens with zero attached hydrogens (tertiary/aromatic N) is 3. The van der Waals surface area contributed by atoms with Gasteiger partial charge in [0.1, 0.15) is 21.3 Å². The molecule has 1 amide bonds. The van der Waals surface area contributed by atoms with Crippen LogP contribution in [0.25, 0.3) is 11.7 Å². The summed E-state index contributed by atoms with van der Waals surface area (Å²) in [7, 11) is 1.60. The number of aromatic nitrogens is 2. The highest BCUT2D eigenvalue weighted by atomic mass is 32.2. The first-order valence-corrected chi connectivity index (χ1v) is 9.64. The maximum atomic E-state index is 13.1. The van der Waals surface area contributed by atoms with Gasteiger partial charge in [0.25, 0.3) is 11.5 Å². The monoisotopic (exact) mass is 409 g/mol. The Hall–Kier alpha value is -2.97. The number of aryl methyl sites for hydroxylation is 1. The normalized spacial score (nSPS) is 15.6. The Morgan fingerprint density at radius 1 is 1.14 bits per heavy atom. The molecular formula is C20H15N3O3S2. The van der Waals surface area contributed by atoms with Crippen LogP contribution in [0.1, 0.15) is 11.1 Å². The van der Waals surface area contributed by atoms with Crippen molar-refractivity contribution in [3.8, 4) is 11.6 Å². The van der Waals surface area contributed by atoms with Crippen molar-refractivity contribution in [3.63, 3.8) is 0 Å². The van der Waals surface area contributed by atoms with Crippen molar-refractivity contribution in [1.82, 2.24) is 14.3 Å². The molecule has 3 heterocycles. The average Bonchev–Trinajstić information content (AvgIpc) is 2.93. The number of benzene rings is 1. The molecule has 0 N–H and O–H groups in total. The van der Waals surface area contributed by atoms with E-state index in [1.165, 1.54) is 15.4 Å². The highest BCUT2D eigenvalue weighted by molar-refractivity contribution is 8.26. The number of rotatable bonds is 3. The second-order valence-electron chi connectivity index (χ2n) is 6.22. The number of likely N-dealkylation sites (N-methyl/N-ethyl adjacent to an activating group) is 1. The number of carbonyl (C=O) groups excluding carboxylic acids is 1. The van der Waals surface area contributed by atoms with E-state index in [1.54, 1.807) is 43.6 Å². The Kier molecular flexibility index (Phi) is 4.74.